The summed E-state index contributed by atoms with van der Waals surface area (Å²) < 4.78 is 52.7. The number of hydrogen-bond acceptors (Lipinski definition) is 9. The molecule has 2 heterocycles. The van der Waals surface area contributed by atoms with Crippen molar-refractivity contribution in [3.63, 3.8) is 0 Å². The Morgan fingerprint density at radius 1 is 1.04 bits per heavy atom. The normalized spacial score (nSPS) is 14.0. The van der Waals surface area contributed by atoms with E-state index in [1.54, 1.807) is 43.3 Å². The van der Waals surface area contributed by atoms with E-state index >= 15 is 0 Å². The number of esters is 1. The van der Waals surface area contributed by atoms with E-state index < -0.39 is 18.4 Å². The number of benzene rings is 3. The van der Waals surface area contributed by atoms with Crippen LogP contribution in [0, 0.1) is 6.92 Å². The molecule has 45 heavy (non-hydrogen) atoms. The third-order valence-electron chi connectivity index (χ3n) is 6.22. The maximum absolute atomic E-state index is 12.6. The second-order valence-corrected chi connectivity index (χ2v) is 10.2. The van der Waals surface area contributed by atoms with Crippen molar-refractivity contribution in [1.82, 2.24) is 20.1 Å². The number of halogens is 3. The van der Waals surface area contributed by atoms with Crippen molar-refractivity contribution in [1.29, 1.82) is 0 Å². The number of aryl methyl sites for hydroxylation is 1. The van der Waals surface area contributed by atoms with Crippen LogP contribution in [0.1, 0.15) is 15.9 Å². The maximum atomic E-state index is 12.6. The first-order valence-corrected chi connectivity index (χ1v) is 14.0. The number of methoxy groups -OCH3 is 1. The minimum absolute atomic E-state index is 0.101. The van der Waals surface area contributed by atoms with Crippen molar-refractivity contribution in [3.8, 4) is 28.6 Å². The highest BCUT2D eigenvalue weighted by Crippen LogP contribution is 2.30. The number of hydrogen-bond donors (Lipinski definition) is 1. The molecule has 0 radical (unpaired) electrons. The van der Waals surface area contributed by atoms with E-state index in [1.807, 2.05) is 0 Å². The molecule has 0 spiro atoms. The van der Waals surface area contributed by atoms with Gasteiger partial charge in [0, 0.05) is 5.56 Å². The maximum Gasteiger partial charge on any atom is 0.573 e. The Kier molecular flexibility index (Phi) is 9.03. The van der Waals surface area contributed by atoms with E-state index in [9.17, 15) is 27.6 Å². The van der Waals surface area contributed by atoms with Crippen molar-refractivity contribution >= 4 is 40.5 Å². The molecule has 1 aliphatic rings. The summed E-state index contributed by atoms with van der Waals surface area (Å²) >= 11 is 1.11. The van der Waals surface area contributed by atoms with Crippen LogP contribution in [0.25, 0.3) is 17.1 Å². The lowest BCUT2D eigenvalue weighted by molar-refractivity contribution is -0.274. The summed E-state index contributed by atoms with van der Waals surface area (Å²) in [5, 5.41) is 7.06. The average Bonchev–Trinajstić information content (AvgIpc) is 3.64. The second kappa shape index (κ2) is 13.1. The number of thioether (sulfide) groups is 1. The van der Waals surface area contributed by atoms with Gasteiger partial charge < -0.3 is 19.5 Å². The molecule has 1 saturated heterocycles. The highest BCUT2D eigenvalue weighted by molar-refractivity contribution is 8.15. The highest BCUT2D eigenvalue weighted by Gasteiger charge is 2.32. The fraction of sp³-hybridized carbons (Fsp3) is 0.172. The minimum atomic E-state index is -4.78. The summed E-state index contributed by atoms with van der Waals surface area (Å²) in [6.07, 6.45) is -3.36. The van der Waals surface area contributed by atoms with E-state index in [-0.39, 0.29) is 29.3 Å². The van der Waals surface area contributed by atoms with Crippen molar-refractivity contribution in [2.75, 3.05) is 24.5 Å². The number of ether oxygens (including phenoxy) is 3. The molecule has 0 unspecified atom stereocenters. The molecule has 232 valence electrons. The molecule has 0 saturated carbocycles. The van der Waals surface area contributed by atoms with Crippen LogP contribution in [0.5, 0.6) is 11.5 Å². The smallest absolute Gasteiger partial charge is 0.473 e. The molecule has 3 amide bonds. The van der Waals surface area contributed by atoms with E-state index in [0.717, 1.165) is 11.8 Å². The first-order valence-electron chi connectivity index (χ1n) is 13.0. The van der Waals surface area contributed by atoms with E-state index in [4.69, 9.17) is 9.47 Å². The zero-order valence-corrected chi connectivity index (χ0v) is 24.4. The van der Waals surface area contributed by atoms with Crippen LogP contribution in [0.15, 0.2) is 78.0 Å². The Labute approximate surface area is 257 Å². The predicted molar refractivity (Wildman–Crippen MR) is 157 cm³/mol. The third-order valence-corrected chi connectivity index (χ3v) is 7.15. The fourth-order valence-electron chi connectivity index (χ4n) is 4.16. The number of amidine groups is 1. The van der Waals surface area contributed by atoms with Crippen LogP contribution in [0.4, 0.5) is 23.7 Å². The van der Waals surface area contributed by atoms with Gasteiger partial charge in [0.25, 0.3) is 0 Å². The van der Waals surface area contributed by atoms with Gasteiger partial charge in [0.1, 0.15) is 17.8 Å². The SMILES string of the molecule is COC(=O)c1ccc(N2C(=O)CS/C2=N\C(=O)NCOc2ccc(-c3ncn(-c4ccc(OC(F)(F)F)cc4)n3)cc2)c(C)c1. The molecule has 0 aliphatic carbocycles. The van der Waals surface area contributed by atoms with Gasteiger partial charge in [-0.15, -0.1) is 18.3 Å². The van der Waals surface area contributed by atoms with Crippen molar-refractivity contribution in [3.05, 3.63) is 84.2 Å². The lowest BCUT2D eigenvalue weighted by Crippen LogP contribution is -2.32. The molecule has 1 fully saturated rings. The number of urea groups is 1. The predicted octanol–water partition coefficient (Wildman–Crippen LogP) is 5.11. The summed E-state index contributed by atoms with van der Waals surface area (Å²) in [6, 6.07) is 15.9. The molecule has 0 bridgehead atoms. The molecular formula is C29H23F3N6O6S. The van der Waals surface area contributed by atoms with Gasteiger partial charge in [0.2, 0.25) is 5.91 Å². The Morgan fingerprint density at radius 2 is 1.76 bits per heavy atom. The molecule has 0 atom stereocenters. The molecule has 1 aromatic heterocycles. The monoisotopic (exact) mass is 640 g/mol. The van der Waals surface area contributed by atoms with Crippen molar-refractivity contribution in [2.45, 2.75) is 13.3 Å². The summed E-state index contributed by atoms with van der Waals surface area (Å²) in [6.45, 7) is 1.52. The number of nitrogens with one attached hydrogen (secondary N) is 1. The topological polar surface area (TPSA) is 137 Å². The Morgan fingerprint density at radius 3 is 2.42 bits per heavy atom. The largest absolute Gasteiger partial charge is 0.573 e. The first-order chi connectivity index (χ1) is 21.5. The van der Waals surface area contributed by atoms with E-state index in [0.29, 0.717) is 39.6 Å². The molecular weight excluding hydrogens is 617 g/mol. The van der Waals surface area contributed by atoms with Gasteiger partial charge in [0.05, 0.1) is 29.8 Å². The number of rotatable bonds is 8. The number of amides is 3. The average molecular weight is 641 g/mol. The number of carbonyl (C=O) groups is 3. The molecule has 1 N–H and O–H groups in total. The molecule has 5 rings (SSSR count). The second-order valence-electron chi connectivity index (χ2n) is 9.25. The van der Waals surface area contributed by atoms with Crippen LogP contribution < -0.4 is 19.7 Å². The van der Waals surface area contributed by atoms with Gasteiger partial charge in [-0.25, -0.2) is 19.3 Å². The van der Waals surface area contributed by atoms with Gasteiger partial charge >= 0.3 is 18.4 Å². The van der Waals surface area contributed by atoms with Crippen LogP contribution >= 0.6 is 11.8 Å². The summed E-state index contributed by atoms with van der Waals surface area (Å²) in [5.74, 6) is -0.218. The van der Waals surface area contributed by atoms with Gasteiger partial charge in [-0.3, -0.25) is 9.69 Å². The number of nitrogens with zero attached hydrogens (tertiary/aromatic N) is 5. The molecule has 3 aromatic carbocycles. The number of aliphatic imine (C=N–C) groups is 1. The first kappa shape index (κ1) is 31.1. The lowest BCUT2D eigenvalue weighted by Gasteiger charge is -2.18. The number of carbonyl (C=O) groups excluding carboxylic acids is 3. The van der Waals surface area contributed by atoms with E-state index in [1.165, 1.54) is 53.4 Å². The van der Waals surface area contributed by atoms with E-state index in [2.05, 4.69) is 25.1 Å². The quantitative estimate of drug-likeness (QED) is 0.206. The van der Waals surface area contributed by atoms with Crippen LogP contribution in [-0.4, -0.2) is 63.8 Å². The number of aromatic nitrogens is 3. The van der Waals surface area contributed by atoms with Crippen LogP contribution in [0.3, 0.4) is 0 Å². The van der Waals surface area contributed by atoms with Crippen molar-refractivity contribution < 1.29 is 41.8 Å². The van der Waals surface area contributed by atoms with Crippen molar-refractivity contribution in [2.24, 2.45) is 4.99 Å². The Balaban J connectivity index is 1.16. The Bertz CT molecular complexity index is 1760. The van der Waals surface area contributed by atoms with Crippen LogP contribution in [0.2, 0.25) is 0 Å². The summed E-state index contributed by atoms with van der Waals surface area (Å²) in [5.41, 5.74) is 2.58. The zero-order chi connectivity index (χ0) is 32.1. The highest BCUT2D eigenvalue weighted by atomic mass is 32.2. The number of anilines is 1. The minimum Gasteiger partial charge on any atom is -0.473 e. The van der Waals surface area contributed by atoms with Gasteiger partial charge in [-0.05, 0) is 79.2 Å². The molecule has 16 heteroatoms. The zero-order valence-electron chi connectivity index (χ0n) is 23.6. The van der Waals surface area contributed by atoms with Gasteiger partial charge in [-0.1, -0.05) is 11.8 Å². The lowest BCUT2D eigenvalue weighted by atomic mass is 10.1. The van der Waals surface area contributed by atoms with Crippen LogP contribution in [-0.2, 0) is 9.53 Å². The Hall–Kier alpha value is -5.38. The van der Waals surface area contributed by atoms with Gasteiger partial charge in [0.15, 0.2) is 17.7 Å². The summed E-state index contributed by atoms with van der Waals surface area (Å²) in [7, 11) is 1.28. The van der Waals surface area contributed by atoms with Gasteiger partial charge in [-0.2, -0.15) is 4.99 Å². The molecule has 1 aliphatic heterocycles. The standard InChI is InChI=1S/C29H23F3N6O6S/c1-17-13-19(26(40)42-2)5-12-23(17)38-24(39)14-45-28(38)35-27(41)34-16-43-21-8-3-18(4-9-21)25-33-15-37(36-25)20-6-10-22(11-7-20)44-29(30,31)32/h3-13,15H,14,16H2,1-2H3,(H,34,41)/b35-28-. The summed E-state index contributed by atoms with van der Waals surface area (Å²) in [4.78, 5) is 46.5. The molecule has 12 nitrogen and oxygen atoms in total. The molecule has 4 aromatic rings. The number of alkyl halides is 3. The third kappa shape index (κ3) is 7.59. The fourth-order valence-corrected chi connectivity index (χ4v) is 5.02.